The zero-order chi connectivity index (χ0) is 7.98. The maximum atomic E-state index is 10.2. The number of rotatable bonds is 4. The number of halogens is 1. The number of terminal acetylenes is 1. The summed E-state index contributed by atoms with van der Waals surface area (Å²) >= 11 is 5.10. The number of hydrogen-bond donors (Lipinski definition) is 2. The van der Waals surface area contributed by atoms with Gasteiger partial charge in [0.05, 0.1) is 0 Å². The third kappa shape index (κ3) is 3.33. The van der Waals surface area contributed by atoms with Crippen molar-refractivity contribution >= 4 is 17.7 Å². The van der Waals surface area contributed by atoms with Gasteiger partial charge in [-0.15, -0.1) is 12.3 Å². The van der Waals surface area contributed by atoms with Crippen LogP contribution >= 0.6 is 11.8 Å². The third-order valence-electron chi connectivity index (χ3n) is 1.01. The van der Waals surface area contributed by atoms with Crippen LogP contribution < -0.4 is 4.84 Å². The molecule has 1 unspecified atom stereocenters. The first-order valence-corrected chi connectivity index (χ1v) is 3.12. The molecule has 2 N–H and O–H groups in total. The molecule has 3 nitrogen and oxygen atoms in total. The lowest BCUT2D eigenvalue weighted by molar-refractivity contribution is -0.139. The van der Waals surface area contributed by atoms with Crippen molar-refractivity contribution in [2.24, 2.45) is 0 Å². The van der Waals surface area contributed by atoms with Crippen LogP contribution in [-0.4, -0.2) is 17.1 Å². The van der Waals surface area contributed by atoms with E-state index in [1.807, 2.05) is 0 Å². The first-order valence-electron chi connectivity index (χ1n) is 2.74. The minimum atomic E-state index is -0.981. The van der Waals surface area contributed by atoms with Crippen LogP contribution in [0.15, 0.2) is 0 Å². The molecule has 0 amide bonds. The van der Waals surface area contributed by atoms with E-state index in [0.29, 0.717) is 12.8 Å². The molecular weight excluding hydrogens is 154 g/mol. The van der Waals surface area contributed by atoms with Gasteiger partial charge in [0.2, 0.25) is 0 Å². The van der Waals surface area contributed by atoms with Crippen LogP contribution in [0.25, 0.3) is 0 Å². The van der Waals surface area contributed by atoms with Crippen molar-refractivity contribution in [2.45, 2.75) is 18.9 Å². The highest BCUT2D eigenvalue weighted by Crippen LogP contribution is 1.96. The minimum absolute atomic E-state index is 0.356. The second kappa shape index (κ2) is 5.10. The lowest BCUT2D eigenvalue weighted by Gasteiger charge is -2.05. The quantitative estimate of drug-likeness (QED) is 0.469. The Morgan fingerprint density at radius 2 is 2.50 bits per heavy atom. The average Bonchev–Trinajstić information content (AvgIpc) is 1.89. The Hall–Kier alpha value is -0.720. The van der Waals surface area contributed by atoms with E-state index in [1.54, 1.807) is 0 Å². The number of nitrogens with one attached hydrogen (secondary N) is 1. The Balaban J connectivity index is 3.63. The van der Waals surface area contributed by atoms with Crippen molar-refractivity contribution in [3.63, 3.8) is 0 Å². The molecule has 0 aromatic rings. The van der Waals surface area contributed by atoms with Gasteiger partial charge in [-0.2, -0.15) is 0 Å². The summed E-state index contributed by atoms with van der Waals surface area (Å²) in [4.78, 5) is 12.3. The molecule has 0 rings (SSSR count). The molecule has 56 valence electrons. The Kier molecular flexibility index (Phi) is 4.73. The average molecular weight is 162 g/mol. The smallest absolute Gasteiger partial charge is 0.321 e. The van der Waals surface area contributed by atoms with Crippen LogP contribution in [-0.2, 0) is 4.79 Å². The van der Waals surface area contributed by atoms with Crippen molar-refractivity contribution in [3.05, 3.63) is 0 Å². The van der Waals surface area contributed by atoms with E-state index in [9.17, 15) is 4.79 Å². The Bertz CT molecular complexity index is 152. The van der Waals surface area contributed by atoms with E-state index < -0.39 is 12.0 Å². The lowest BCUT2D eigenvalue weighted by Crippen LogP contribution is -2.30. The van der Waals surface area contributed by atoms with Gasteiger partial charge in [-0.1, -0.05) is 0 Å². The van der Waals surface area contributed by atoms with Gasteiger partial charge in [0.25, 0.3) is 0 Å². The molecule has 0 saturated heterocycles. The molecule has 0 bridgehead atoms. The van der Waals surface area contributed by atoms with Gasteiger partial charge in [-0.25, -0.2) is 4.84 Å². The van der Waals surface area contributed by atoms with Gasteiger partial charge in [-0.05, 0) is 18.2 Å². The molecule has 0 aliphatic rings. The van der Waals surface area contributed by atoms with Crippen molar-refractivity contribution in [2.75, 3.05) is 0 Å². The zero-order valence-electron chi connectivity index (χ0n) is 5.30. The van der Waals surface area contributed by atoms with Gasteiger partial charge in [-0.3, -0.25) is 4.79 Å². The van der Waals surface area contributed by atoms with Gasteiger partial charge in [0.15, 0.2) is 0 Å². The number of carboxylic acids is 1. The number of hydrogen-bond acceptors (Lipinski definition) is 2. The molecule has 4 heteroatoms. The van der Waals surface area contributed by atoms with Gasteiger partial charge >= 0.3 is 5.97 Å². The van der Waals surface area contributed by atoms with Gasteiger partial charge < -0.3 is 5.11 Å². The third-order valence-corrected chi connectivity index (χ3v) is 1.27. The molecule has 0 heterocycles. The fourth-order valence-electron chi connectivity index (χ4n) is 0.452. The molecule has 1 atom stereocenters. The number of aliphatic carboxylic acids is 1. The first-order chi connectivity index (χ1) is 4.72. The Morgan fingerprint density at radius 3 is 2.80 bits per heavy atom. The molecule has 0 spiro atoms. The van der Waals surface area contributed by atoms with E-state index in [4.69, 9.17) is 23.3 Å². The van der Waals surface area contributed by atoms with Crippen LogP contribution in [0.2, 0.25) is 0 Å². The predicted octanol–water partition coefficient (Wildman–Crippen LogP) is 0.596. The fraction of sp³-hybridized carbons (Fsp3) is 0.500. The standard InChI is InChI=1S/C6H8ClNO2/c1-2-3-4-5(8-7)6(9)10/h1,5,8H,3-4H2,(H,9,10). The van der Waals surface area contributed by atoms with Crippen molar-refractivity contribution in [1.29, 1.82) is 0 Å². The molecule has 0 saturated carbocycles. The SMILES string of the molecule is C#CCCC(NCl)C(=O)O. The molecule has 10 heavy (non-hydrogen) atoms. The van der Waals surface area contributed by atoms with E-state index >= 15 is 0 Å². The monoisotopic (exact) mass is 161 g/mol. The summed E-state index contributed by atoms with van der Waals surface area (Å²) in [5.41, 5.74) is 0. The molecule has 0 aliphatic carbocycles. The first kappa shape index (κ1) is 9.28. The van der Waals surface area contributed by atoms with Crippen LogP contribution in [0, 0.1) is 12.3 Å². The summed E-state index contributed by atoms with van der Waals surface area (Å²) in [6.45, 7) is 0. The maximum Gasteiger partial charge on any atom is 0.321 e. The van der Waals surface area contributed by atoms with E-state index in [-0.39, 0.29) is 0 Å². The summed E-state index contributed by atoms with van der Waals surface area (Å²) in [7, 11) is 0. The van der Waals surface area contributed by atoms with Gasteiger partial charge in [0, 0.05) is 6.42 Å². The van der Waals surface area contributed by atoms with Crippen molar-refractivity contribution < 1.29 is 9.90 Å². The molecule has 0 aliphatic heterocycles. The molecule has 0 aromatic heterocycles. The highest BCUT2D eigenvalue weighted by atomic mass is 35.5. The summed E-state index contributed by atoms with van der Waals surface area (Å²) in [5, 5.41) is 8.38. The van der Waals surface area contributed by atoms with E-state index in [1.165, 1.54) is 0 Å². The largest absolute Gasteiger partial charge is 0.480 e. The minimum Gasteiger partial charge on any atom is -0.480 e. The summed E-state index contributed by atoms with van der Waals surface area (Å²) in [6.07, 6.45) is 5.69. The summed E-state index contributed by atoms with van der Waals surface area (Å²) < 4.78 is 0. The Morgan fingerprint density at radius 1 is 1.90 bits per heavy atom. The van der Waals surface area contributed by atoms with Gasteiger partial charge in [0.1, 0.15) is 6.04 Å². The second-order valence-corrected chi connectivity index (χ2v) is 1.96. The van der Waals surface area contributed by atoms with Crippen molar-refractivity contribution in [1.82, 2.24) is 4.84 Å². The Labute approximate surface area is 64.5 Å². The lowest BCUT2D eigenvalue weighted by atomic mass is 10.2. The van der Waals surface area contributed by atoms with Crippen LogP contribution in [0.4, 0.5) is 0 Å². The molecule has 0 aromatic carbocycles. The molecule has 0 radical (unpaired) electrons. The maximum absolute atomic E-state index is 10.2. The number of carbonyl (C=O) groups is 1. The van der Waals surface area contributed by atoms with Crippen LogP contribution in [0.5, 0.6) is 0 Å². The van der Waals surface area contributed by atoms with E-state index in [0.717, 1.165) is 0 Å². The summed E-state index contributed by atoms with van der Waals surface area (Å²) in [5.74, 6) is 1.34. The zero-order valence-corrected chi connectivity index (χ0v) is 6.06. The molecule has 0 fully saturated rings. The van der Waals surface area contributed by atoms with Crippen LogP contribution in [0.3, 0.4) is 0 Å². The highest BCUT2D eigenvalue weighted by Gasteiger charge is 2.13. The predicted molar refractivity (Wildman–Crippen MR) is 38.5 cm³/mol. The second-order valence-electron chi connectivity index (χ2n) is 1.74. The topological polar surface area (TPSA) is 49.3 Å². The number of carboxylic acid groups (broad SMARTS) is 1. The van der Waals surface area contributed by atoms with Crippen molar-refractivity contribution in [3.8, 4) is 12.3 Å². The van der Waals surface area contributed by atoms with E-state index in [2.05, 4.69) is 10.8 Å². The molecular formula is C6H8ClNO2. The van der Waals surface area contributed by atoms with Crippen LogP contribution in [0.1, 0.15) is 12.8 Å². The normalized spacial score (nSPS) is 12.0. The fourth-order valence-corrected chi connectivity index (χ4v) is 0.655. The highest BCUT2D eigenvalue weighted by molar-refractivity contribution is 6.14. The summed E-state index contributed by atoms with van der Waals surface area (Å²) in [6, 6.07) is -0.738.